The fraction of sp³-hybridized carbons (Fsp3) is 0.286. The van der Waals surface area contributed by atoms with Crippen molar-refractivity contribution >= 4 is 70.7 Å². The Balaban J connectivity index is 2.33. The smallest absolute Gasteiger partial charge is 0.264 e. The van der Waals surface area contributed by atoms with Crippen LogP contribution < -0.4 is 27.5 Å². The highest BCUT2D eigenvalue weighted by atomic mass is 16.2. The number of nitrogens with two attached hydrogens (primary N) is 1. The number of nitrogen functional groups attached to an aromatic ring is 1. The maximum atomic E-state index is 13.2. The molecule has 1 fully saturated rings. The molecule has 0 radical (unpaired) electrons. The van der Waals surface area contributed by atoms with Gasteiger partial charge in [-0.05, 0) is 18.8 Å². The van der Waals surface area contributed by atoms with E-state index in [4.69, 9.17) is 5.73 Å². The molecule has 1 aliphatic rings. The molecular formula is C14H18B4N4O3. The molecule has 11 heteroatoms. The van der Waals surface area contributed by atoms with Gasteiger partial charge in [0, 0.05) is 11.5 Å². The van der Waals surface area contributed by atoms with E-state index < -0.39 is 11.9 Å². The Bertz CT molecular complexity index is 990. The van der Waals surface area contributed by atoms with Crippen LogP contribution in [0.25, 0.3) is 10.9 Å². The highest BCUT2D eigenvalue weighted by molar-refractivity contribution is 6.52. The summed E-state index contributed by atoms with van der Waals surface area (Å²) in [7, 11) is 7.35. The van der Waals surface area contributed by atoms with E-state index in [2.05, 4.69) is 10.3 Å². The Hall–Kier alpha value is -2.44. The van der Waals surface area contributed by atoms with Gasteiger partial charge >= 0.3 is 0 Å². The van der Waals surface area contributed by atoms with Gasteiger partial charge in [0.1, 0.15) is 43.3 Å². The van der Waals surface area contributed by atoms with E-state index in [0.29, 0.717) is 22.4 Å². The number of carbonyl (C=O) groups excluding carboxylic acids is 2. The minimum absolute atomic E-state index is 0.318. The van der Waals surface area contributed by atoms with Crippen molar-refractivity contribution in [2.75, 3.05) is 5.73 Å². The number of aromatic nitrogens is 2. The van der Waals surface area contributed by atoms with Gasteiger partial charge in [-0.15, -0.1) is 0 Å². The predicted octanol–water partition coefficient (Wildman–Crippen LogP) is -5.16. The molecule has 1 aromatic heterocycles. The third-order valence-electron chi connectivity index (χ3n) is 5.39. The molecule has 1 aliphatic heterocycles. The summed E-state index contributed by atoms with van der Waals surface area (Å²) in [5.41, 5.74) is 8.49. The van der Waals surface area contributed by atoms with Crippen molar-refractivity contribution in [1.82, 2.24) is 14.9 Å². The van der Waals surface area contributed by atoms with Gasteiger partial charge in [-0.3, -0.25) is 24.3 Å². The number of nitrogens with one attached hydrogen (secondary N) is 1. The van der Waals surface area contributed by atoms with Crippen LogP contribution in [0.3, 0.4) is 0 Å². The van der Waals surface area contributed by atoms with Crippen LogP contribution in [0.4, 0.5) is 5.69 Å². The van der Waals surface area contributed by atoms with Crippen LogP contribution in [0, 0.1) is 6.92 Å². The summed E-state index contributed by atoms with van der Waals surface area (Å²) in [5, 5.41) is 2.67. The number of aryl methyl sites for hydroxylation is 1. The molecule has 1 aromatic carbocycles. The molecule has 2 aromatic rings. The number of nitrogens with zero attached hydrogens (tertiary/aromatic N) is 2. The van der Waals surface area contributed by atoms with Gasteiger partial charge < -0.3 is 5.73 Å². The molecule has 1 saturated heterocycles. The number of hydrogen-bond acceptors (Lipinski definition) is 5. The van der Waals surface area contributed by atoms with E-state index in [1.807, 2.05) is 15.7 Å². The molecular weight excluding hydrogens is 315 g/mol. The lowest BCUT2D eigenvalue weighted by atomic mass is 9.61. The maximum Gasteiger partial charge on any atom is 0.264 e. The van der Waals surface area contributed by atoms with Gasteiger partial charge in [-0.25, -0.2) is 4.98 Å². The number of amides is 2. The first-order valence-corrected chi connectivity index (χ1v) is 8.28. The van der Waals surface area contributed by atoms with E-state index in [1.165, 1.54) is 4.57 Å². The first-order chi connectivity index (χ1) is 11.6. The number of imide groups is 1. The fourth-order valence-corrected chi connectivity index (χ4v) is 3.51. The molecule has 0 spiro atoms. The van der Waals surface area contributed by atoms with Crippen molar-refractivity contribution in [3.05, 3.63) is 22.2 Å². The summed E-state index contributed by atoms with van der Waals surface area (Å²) in [6.45, 7) is 1.69. The molecule has 0 aliphatic carbocycles. The number of carbonyl (C=O) groups is 2. The molecule has 2 amide bonds. The molecule has 0 saturated carbocycles. The van der Waals surface area contributed by atoms with Crippen LogP contribution in [0.2, 0.25) is 11.6 Å². The fourth-order valence-electron chi connectivity index (χ4n) is 3.51. The average molecular weight is 334 g/mol. The highest BCUT2D eigenvalue weighted by Crippen LogP contribution is 2.34. The molecule has 3 N–H and O–H groups in total. The summed E-state index contributed by atoms with van der Waals surface area (Å²) in [4.78, 5) is 42.1. The van der Waals surface area contributed by atoms with Gasteiger partial charge in [0.15, 0.2) is 0 Å². The summed E-state index contributed by atoms with van der Waals surface area (Å²) in [5.74, 6) is -1.09. The van der Waals surface area contributed by atoms with Gasteiger partial charge in [0.2, 0.25) is 11.8 Å². The highest BCUT2D eigenvalue weighted by Gasteiger charge is 2.40. The maximum absolute atomic E-state index is 13.2. The van der Waals surface area contributed by atoms with Crippen LogP contribution in [-0.2, 0) is 9.59 Å². The molecule has 7 nitrogen and oxygen atoms in total. The lowest BCUT2D eigenvalue weighted by Gasteiger charge is -2.34. The number of piperidine rings is 1. The first kappa shape index (κ1) is 17.4. The standard InChI is InChI=1S/C14H18B4N4O3/c1-3-20-10-6(5(19)2-4(15)7(10)16)14(25)22(3)11-8(17)9(18)12(23)21-13(11)24/h2,8-9,11H,15-19H2,1H3,(H,21,23,24). The van der Waals surface area contributed by atoms with E-state index >= 15 is 0 Å². The zero-order valence-corrected chi connectivity index (χ0v) is 15.0. The Morgan fingerprint density at radius 3 is 2.48 bits per heavy atom. The molecule has 124 valence electrons. The average Bonchev–Trinajstić information content (AvgIpc) is 2.53. The minimum atomic E-state index is -0.793. The Morgan fingerprint density at radius 2 is 1.84 bits per heavy atom. The summed E-state index contributed by atoms with van der Waals surface area (Å²) in [6, 6.07) is 0.954. The quantitative estimate of drug-likeness (QED) is 0.308. The molecule has 3 rings (SSSR count). The van der Waals surface area contributed by atoms with Crippen LogP contribution in [0.15, 0.2) is 10.9 Å². The normalized spacial score (nSPS) is 23.6. The van der Waals surface area contributed by atoms with Gasteiger partial charge in [-0.2, -0.15) is 0 Å². The summed E-state index contributed by atoms with van der Waals surface area (Å²) >= 11 is 0. The predicted molar refractivity (Wildman–Crippen MR) is 108 cm³/mol. The van der Waals surface area contributed by atoms with Gasteiger partial charge in [0.25, 0.3) is 5.56 Å². The van der Waals surface area contributed by atoms with Crippen LogP contribution in [-0.4, -0.2) is 52.8 Å². The van der Waals surface area contributed by atoms with Crippen LogP contribution in [0.5, 0.6) is 0 Å². The van der Waals surface area contributed by atoms with E-state index in [9.17, 15) is 14.4 Å². The largest absolute Gasteiger partial charge is 0.398 e. The number of fused-ring (bicyclic) bond motifs is 1. The zero-order chi connectivity index (χ0) is 18.6. The van der Waals surface area contributed by atoms with Crippen molar-refractivity contribution in [2.24, 2.45) is 0 Å². The van der Waals surface area contributed by atoms with Crippen LogP contribution in [0.1, 0.15) is 11.9 Å². The molecule has 3 atom stereocenters. The molecule has 3 unspecified atom stereocenters. The lowest BCUT2D eigenvalue weighted by molar-refractivity contribution is -0.135. The molecule has 2 heterocycles. The second kappa shape index (κ2) is 5.82. The Kier molecular flexibility index (Phi) is 4.05. The number of rotatable bonds is 1. The minimum Gasteiger partial charge on any atom is -0.398 e. The monoisotopic (exact) mass is 334 g/mol. The van der Waals surface area contributed by atoms with Crippen molar-refractivity contribution in [3.8, 4) is 0 Å². The van der Waals surface area contributed by atoms with Gasteiger partial charge in [0.05, 0.1) is 10.9 Å². The second-order valence-corrected chi connectivity index (χ2v) is 6.91. The molecule has 25 heavy (non-hydrogen) atoms. The van der Waals surface area contributed by atoms with Gasteiger partial charge in [-0.1, -0.05) is 10.9 Å². The topological polar surface area (TPSA) is 107 Å². The second-order valence-electron chi connectivity index (χ2n) is 6.91. The number of hydrogen-bond donors (Lipinski definition) is 2. The number of benzene rings is 1. The van der Waals surface area contributed by atoms with E-state index in [1.54, 1.807) is 28.7 Å². The zero-order valence-electron chi connectivity index (χ0n) is 15.0. The lowest BCUT2D eigenvalue weighted by Crippen LogP contribution is -2.50. The van der Waals surface area contributed by atoms with Crippen LogP contribution >= 0.6 is 0 Å². The summed E-state index contributed by atoms with van der Waals surface area (Å²) < 4.78 is 1.37. The van der Waals surface area contributed by atoms with Crippen molar-refractivity contribution in [1.29, 1.82) is 0 Å². The first-order valence-electron chi connectivity index (χ1n) is 8.28. The third-order valence-corrected chi connectivity index (χ3v) is 5.39. The van der Waals surface area contributed by atoms with Crippen molar-refractivity contribution in [3.63, 3.8) is 0 Å². The third kappa shape index (κ3) is 2.49. The van der Waals surface area contributed by atoms with E-state index in [-0.39, 0.29) is 23.1 Å². The van der Waals surface area contributed by atoms with Crippen molar-refractivity contribution < 1.29 is 9.59 Å². The Labute approximate surface area is 148 Å². The van der Waals surface area contributed by atoms with Crippen molar-refractivity contribution in [2.45, 2.75) is 24.6 Å². The molecule has 0 bridgehead atoms. The number of anilines is 1. The SMILES string of the molecule is Bc1cc(N)c2c(=O)n(C3C(=O)NC(=O)C(B)C3B)c(C)nc2c1B. The van der Waals surface area contributed by atoms with E-state index in [0.717, 1.165) is 10.9 Å². The summed E-state index contributed by atoms with van der Waals surface area (Å²) in [6.07, 6.45) is 0. The Morgan fingerprint density at radius 1 is 1.20 bits per heavy atom.